The molecule has 3 aliphatic heterocycles. The maximum Gasteiger partial charge on any atom is 0.410 e. The average molecular weight is 534 g/mol. The van der Waals surface area contributed by atoms with Crippen molar-refractivity contribution >= 4 is 23.6 Å². The van der Waals surface area contributed by atoms with Crippen LogP contribution in [0.15, 0.2) is 24.3 Å². The minimum absolute atomic E-state index is 0.0518. The molecule has 3 amide bonds. The Morgan fingerprint density at radius 2 is 1.74 bits per heavy atom. The molecular weight excluding hydrogens is 494 g/mol. The van der Waals surface area contributed by atoms with Gasteiger partial charge in [-0.05, 0) is 36.0 Å². The highest BCUT2D eigenvalue weighted by atomic mass is 16.7. The zero-order valence-electron chi connectivity index (χ0n) is 22.3. The average Bonchev–Trinajstić information content (AvgIpc) is 3.44. The summed E-state index contributed by atoms with van der Waals surface area (Å²) in [7, 11) is 0. The standard InChI is InChI=1S/C26H39N5O7/c1-26(2,3)18-6-8-19(9-7-18)28-12-14-29(15-13-28)24(33)22-21(23(32)31(36)27-35)5-4-11-30(22)25(34)38-20-10-16-37-17-20/h6-9,20-22,27,35-36H,4-5,10-17H2,1-3H3/t20-,21-,22-/m0/s1. The van der Waals surface area contributed by atoms with E-state index < -0.39 is 30.1 Å². The number of carbonyl (C=O) groups is 3. The van der Waals surface area contributed by atoms with Crippen LogP contribution in [0.5, 0.6) is 0 Å². The van der Waals surface area contributed by atoms with Crippen molar-refractivity contribution in [3.63, 3.8) is 0 Å². The fraction of sp³-hybridized carbons (Fsp3) is 0.654. The molecule has 0 saturated carbocycles. The van der Waals surface area contributed by atoms with Crippen molar-refractivity contribution in [1.82, 2.24) is 20.6 Å². The van der Waals surface area contributed by atoms with Crippen LogP contribution in [0.4, 0.5) is 10.5 Å². The number of nitrogens with zero attached hydrogens (tertiary/aromatic N) is 4. The Kier molecular flexibility index (Phi) is 8.76. The van der Waals surface area contributed by atoms with Gasteiger partial charge in [0.05, 0.1) is 19.1 Å². The van der Waals surface area contributed by atoms with Crippen LogP contribution in [0.3, 0.4) is 0 Å². The molecule has 12 nitrogen and oxygen atoms in total. The molecule has 0 spiro atoms. The van der Waals surface area contributed by atoms with E-state index in [0.29, 0.717) is 45.6 Å². The first-order valence-electron chi connectivity index (χ1n) is 13.2. The van der Waals surface area contributed by atoms with Gasteiger partial charge in [-0.2, -0.15) is 0 Å². The Morgan fingerprint density at radius 3 is 2.32 bits per heavy atom. The van der Waals surface area contributed by atoms with E-state index in [1.165, 1.54) is 16.1 Å². The lowest BCUT2D eigenvalue weighted by molar-refractivity contribution is -0.225. The van der Waals surface area contributed by atoms with Gasteiger partial charge in [0.15, 0.2) is 0 Å². The van der Waals surface area contributed by atoms with Crippen molar-refractivity contribution in [3.8, 4) is 0 Å². The first kappa shape index (κ1) is 28.1. The van der Waals surface area contributed by atoms with Gasteiger partial charge in [-0.15, -0.1) is 5.17 Å². The highest BCUT2D eigenvalue weighted by Crippen LogP contribution is 2.30. The van der Waals surface area contributed by atoms with Gasteiger partial charge in [-0.1, -0.05) is 38.5 Å². The number of rotatable bonds is 5. The van der Waals surface area contributed by atoms with Crippen molar-refractivity contribution in [2.24, 2.45) is 5.92 Å². The van der Waals surface area contributed by atoms with Crippen LogP contribution in [-0.2, 0) is 24.5 Å². The van der Waals surface area contributed by atoms with Crippen LogP contribution in [0.25, 0.3) is 0 Å². The fourth-order valence-electron chi connectivity index (χ4n) is 5.33. The van der Waals surface area contributed by atoms with Crippen molar-refractivity contribution in [1.29, 1.82) is 0 Å². The predicted octanol–water partition coefficient (Wildman–Crippen LogP) is 1.75. The number of hydrazine groups is 1. The number of hydrogen-bond donors (Lipinski definition) is 3. The van der Waals surface area contributed by atoms with E-state index in [4.69, 9.17) is 14.7 Å². The maximum atomic E-state index is 13.8. The number of benzene rings is 1. The maximum absolute atomic E-state index is 13.8. The molecule has 3 saturated heterocycles. The molecule has 3 aliphatic rings. The number of hydroxylamine groups is 1. The van der Waals surface area contributed by atoms with Crippen molar-refractivity contribution in [2.75, 3.05) is 50.8 Å². The van der Waals surface area contributed by atoms with Crippen LogP contribution in [0, 0.1) is 5.92 Å². The molecule has 4 rings (SSSR count). The molecule has 12 heteroatoms. The molecule has 3 fully saturated rings. The number of carbonyl (C=O) groups excluding carboxylic acids is 3. The van der Waals surface area contributed by atoms with Gasteiger partial charge >= 0.3 is 6.09 Å². The topological polar surface area (TPSA) is 135 Å². The monoisotopic (exact) mass is 533 g/mol. The Hall–Kier alpha value is -2.93. The number of ether oxygens (including phenoxy) is 2. The Labute approximate surface area is 222 Å². The fourth-order valence-corrected chi connectivity index (χ4v) is 5.33. The molecule has 210 valence electrons. The third-order valence-corrected chi connectivity index (χ3v) is 7.58. The molecule has 0 aliphatic carbocycles. The second kappa shape index (κ2) is 11.9. The lowest BCUT2D eigenvalue weighted by atomic mass is 9.87. The number of piperidine rings is 1. The van der Waals surface area contributed by atoms with Gasteiger partial charge in [0.1, 0.15) is 12.1 Å². The van der Waals surface area contributed by atoms with E-state index in [0.717, 1.165) is 5.69 Å². The highest BCUT2D eigenvalue weighted by Gasteiger charge is 2.47. The number of piperazine rings is 1. The van der Waals surface area contributed by atoms with E-state index in [1.807, 2.05) is 0 Å². The first-order chi connectivity index (χ1) is 18.1. The molecule has 0 aromatic heterocycles. The lowest BCUT2D eigenvalue weighted by Gasteiger charge is -2.43. The summed E-state index contributed by atoms with van der Waals surface area (Å²) in [5.74, 6) is -2.32. The number of likely N-dealkylation sites (tertiary alicyclic amines) is 1. The Balaban J connectivity index is 1.47. The molecular formula is C26H39N5O7. The van der Waals surface area contributed by atoms with Gasteiger partial charge in [0, 0.05) is 44.8 Å². The second-order valence-electron chi connectivity index (χ2n) is 11.1. The zero-order valence-corrected chi connectivity index (χ0v) is 22.3. The molecule has 3 atom stereocenters. The molecule has 1 aromatic carbocycles. The van der Waals surface area contributed by atoms with E-state index in [1.54, 1.807) is 4.90 Å². The van der Waals surface area contributed by atoms with Crippen LogP contribution >= 0.6 is 0 Å². The third-order valence-electron chi connectivity index (χ3n) is 7.58. The minimum Gasteiger partial charge on any atom is -0.444 e. The summed E-state index contributed by atoms with van der Waals surface area (Å²) in [4.78, 5) is 44.9. The molecule has 1 aromatic rings. The summed E-state index contributed by atoms with van der Waals surface area (Å²) in [6.07, 6.45) is 0.183. The second-order valence-corrected chi connectivity index (χ2v) is 11.1. The highest BCUT2D eigenvalue weighted by molar-refractivity contribution is 5.92. The first-order valence-corrected chi connectivity index (χ1v) is 13.2. The quantitative estimate of drug-likeness (QED) is 0.382. The van der Waals surface area contributed by atoms with E-state index in [-0.39, 0.29) is 36.1 Å². The zero-order chi connectivity index (χ0) is 27.4. The molecule has 3 heterocycles. The smallest absolute Gasteiger partial charge is 0.410 e. The molecule has 3 N–H and O–H groups in total. The predicted molar refractivity (Wildman–Crippen MR) is 136 cm³/mol. The van der Waals surface area contributed by atoms with Crippen molar-refractivity contribution in [3.05, 3.63) is 29.8 Å². The van der Waals surface area contributed by atoms with Crippen molar-refractivity contribution < 1.29 is 34.3 Å². The van der Waals surface area contributed by atoms with Gasteiger partial charge in [0.25, 0.3) is 5.91 Å². The van der Waals surface area contributed by atoms with Crippen LogP contribution in [-0.4, -0.2) is 101 Å². The summed E-state index contributed by atoms with van der Waals surface area (Å²) in [6, 6.07) is 7.28. The van der Waals surface area contributed by atoms with E-state index in [9.17, 15) is 19.6 Å². The summed E-state index contributed by atoms with van der Waals surface area (Å²) >= 11 is 0. The summed E-state index contributed by atoms with van der Waals surface area (Å²) in [6.45, 7) is 9.55. The summed E-state index contributed by atoms with van der Waals surface area (Å²) in [5, 5.41) is 18.8. The molecule has 0 bridgehead atoms. The normalized spacial score (nSPS) is 24.3. The molecule has 0 unspecified atom stereocenters. The third kappa shape index (κ3) is 6.20. The van der Waals surface area contributed by atoms with Crippen LogP contribution in [0.2, 0.25) is 0 Å². The SMILES string of the molecule is CC(C)(C)c1ccc(N2CCN(C(=O)[C@@H]3[C@@H](C(=O)N(O)NO)CCCN3C(=O)O[C@H]3CCOC3)CC2)cc1. The van der Waals surface area contributed by atoms with Gasteiger partial charge in [0.2, 0.25) is 5.91 Å². The summed E-state index contributed by atoms with van der Waals surface area (Å²) in [5.41, 5.74) is 3.78. The number of hydrogen-bond acceptors (Lipinski definition) is 9. The van der Waals surface area contributed by atoms with Crippen LogP contribution in [0.1, 0.15) is 45.6 Å². The van der Waals surface area contributed by atoms with E-state index in [2.05, 4.69) is 49.9 Å². The van der Waals surface area contributed by atoms with Gasteiger partial charge in [-0.25, -0.2) is 4.79 Å². The molecule has 38 heavy (non-hydrogen) atoms. The number of amides is 3. The molecule has 0 radical (unpaired) electrons. The Bertz CT molecular complexity index is 985. The number of anilines is 1. The van der Waals surface area contributed by atoms with Crippen LogP contribution < -0.4 is 10.5 Å². The summed E-state index contributed by atoms with van der Waals surface area (Å²) < 4.78 is 10.9. The minimum atomic E-state index is -1.16. The number of nitrogens with one attached hydrogen (secondary N) is 1. The largest absolute Gasteiger partial charge is 0.444 e. The van der Waals surface area contributed by atoms with Crippen molar-refractivity contribution in [2.45, 2.75) is 57.6 Å². The van der Waals surface area contributed by atoms with E-state index >= 15 is 0 Å². The van der Waals surface area contributed by atoms with Gasteiger partial charge < -0.3 is 19.3 Å². The van der Waals surface area contributed by atoms with Gasteiger partial charge in [-0.3, -0.25) is 24.9 Å². The Morgan fingerprint density at radius 1 is 1.05 bits per heavy atom. The lowest BCUT2D eigenvalue weighted by Crippen LogP contribution is -2.62.